The fourth-order valence-electron chi connectivity index (χ4n) is 4.36. The number of cyclic esters (lactones) is 1. The summed E-state index contributed by atoms with van der Waals surface area (Å²) in [6.07, 6.45) is 1.84. The number of carbonyl (C=O) groups is 2. The Morgan fingerprint density at radius 3 is 2.63 bits per heavy atom. The number of morpholine rings is 1. The minimum Gasteiger partial charge on any atom is -0.461 e. The van der Waals surface area contributed by atoms with Crippen LogP contribution < -0.4 is 0 Å². The molecule has 1 spiro atoms. The lowest BCUT2D eigenvalue weighted by molar-refractivity contribution is -0.151. The van der Waals surface area contributed by atoms with E-state index in [9.17, 15) is 14.0 Å². The van der Waals surface area contributed by atoms with Crippen LogP contribution in [0.25, 0.3) is 0 Å². The van der Waals surface area contributed by atoms with Gasteiger partial charge < -0.3 is 14.4 Å². The van der Waals surface area contributed by atoms with Crippen molar-refractivity contribution in [1.82, 2.24) is 9.80 Å². The van der Waals surface area contributed by atoms with Gasteiger partial charge in [-0.25, -0.2) is 4.39 Å². The monoisotopic (exact) mass is 376 g/mol. The highest BCUT2D eigenvalue weighted by Gasteiger charge is 2.51. The molecule has 146 valence electrons. The van der Waals surface area contributed by atoms with E-state index in [0.29, 0.717) is 37.9 Å². The van der Waals surface area contributed by atoms with Crippen LogP contribution in [-0.2, 0) is 14.3 Å². The maximum atomic E-state index is 13.4. The second-order valence-electron chi connectivity index (χ2n) is 7.73. The molecule has 1 atom stereocenters. The number of hydrogen-bond acceptors (Lipinski definition) is 5. The first-order valence-corrected chi connectivity index (χ1v) is 9.62. The molecule has 3 fully saturated rings. The van der Waals surface area contributed by atoms with E-state index in [4.69, 9.17) is 9.47 Å². The molecule has 7 heteroatoms. The predicted octanol–water partition coefficient (Wildman–Crippen LogP) is 1.70. The normalized spacial score (nSPS) is 25.6. The van der Waals surface area contributed by atoms with Crippen molar-refractivity contribution in [2.24, 2.45) is 5.41 Å². The quantitative estimate of drug-likeness (QED) is 0.752. The molecule has 1 aromatic rings. The summed E-state index contributed by atoms with van der Waals surface area (Å²) in [5.74, 6) is -0.723. The third-order valence-electron chi connectivity index (χ3n) is 5.97. The Morgan fingerprint density at radius 1 is 1.19 bits per heavy atom. The lowest BCUT2D eigenvalue weighted by atomic mass is 9.76. The smallest absolute Gasteiger partial charge is 0.312 e. The molecule has 0 radical (unpaired) electrons. The van der Waals surface area contributed by atoms with Crippen molar-refractivity contribution in [2.45, 2.75) is 25.4 Å². The van der Waals surface area contributed by atoms with Crippen molar-refractivity contribution in [3.05, 3.63) is 35.6 Å². The van der Waals surface area contributed by atoms with Crippen LogP contribution in [0, 0.1) is 11.2 Å². The lowest BCUT2D eigenvalue weighted by Crippen LogP contribution is -2.45. The number of likely N-dealkylation sites (tertiary alicyclic amines) is 1. The molecule has 0 aromatic heterocycles. The van der Waals surface area contributed by atoms with Crippen LogP contribution >= 0.6 is 0 Å². The molecule has 1 unspecified atom stereocenters. The summed E-state index contributed by atoms with van der Waals surface area (Å²) in [4.78, 5) is 29.2. The predicted molar refractivity (Wildman–Crippen MR) is 95.7 cm³/mol. The van der Waals surface area contributed by atoms with Crippen LogP contribution in [0.5, 0.6) is 0 Å². The van der Waals surface area contributed by atoms with Crippen molar-refractivity contribution in [3.8, 4) is 0 Å². The van der Waals surface area contributed by atoms with Gasteiger partial charge in [0.2, 0.25) is 0 Å². The summed E-state index contributed by atoms with van der Waals surface area (Å²) in [7, 11) is 0. The van der Waals surface area contributed by atoms with Gasteiger partial charge in [-0.1, -0.05) is 6.07 Å². The van der Waals surface area contributed by atoms with Gasteiger partial charge in [-0.2, -0.15) is 0 Å². The second-order valence-corrected chi connectivity index (χ2v) is 7.73. The second kappa shape index (κ2) is 7.56. The molecule has 3 saturated heterocycles. The number of hydrogen-bond donors (Lipinski definition) is 0. The molecular weight excluding hydrogens is 351 g/mol. The summed E-state index contributed by atoms with van der Waals surface area (Å²) in [6.45, 7) is 4.94. The number of ether oxygens (including phenoxy) is 2. The first-order valence-electron chi connectivity index (χ1n) is 9.62. The highest BCUT2D eigenvalue weighted by atomic mass is 19.1. The first kappa shape index (κ1) is 18.4. The lowest BCUT2D eigenvalue weighted by Gasteiger charge is -2.36. The topological polar surface area (TPSA) is 59.1 Å². The zero-order valence-electron chi connectivity index (χ0n) is 15.4. The molecule has 0 bridgehead atoms. The summed E-state index contributed by atoms with van der Waals surface area (Å²) in [6, 6.07) is 5.75. The van der Waals surface area contributed by atoms with E-state index in [1.807, 2.05) is 0 Å². The number of rotatable bonds is 3. The van der Waals surface area contributed by atoms with Crippen LogP contribution in [0.3, 0.4) is 0 Å². The Kier molecular flexibility index (Phi) is 5.14. The maximum absolute atomic E-state index is 13.4. The molecule has 6 nitrogen and oxygen atoms in total. The molecule has 3 aliphatic heterocycles. The average molecular weight is 376 g/mol. The number of carbonyl (C=O) groups excluding carboxylic acids is 2. The largest absolute Gasteiger partial charge is 0.461 e. The van der Waals surface area contributed by atoms with E-state index < -0.39 is 11.2 Å². The van der Waals surface area contributed by atoms with Crippen molar-refractivity contribution in [2.75, 3.05) is 45.9 Å². The van der Waals surface area contributed by atoms with Crippen molar-refractivity contribution < 1.29 is 23.5 Å². The van der Waals surface area contributed by atoms with Gasteiger partial charge in [-0.05, 0) is 31.0 Å². The molecule has 4 rings (SSSR count). The summed E-state index contributed by atoms with van der Waals surface area (Å²) < 4.78 is 24.4. The zero-order valence-corrected chi connectivity index (χ0v) is 15.4. The average Bonchev–Trinajstić information content (AvgIpc) is 2.97. The molecule has 27 heavy (non-hydrogen) atoms. The van der Waals surface area contributed by atoms with Gasteiger partial charge in [-0.15, -0.1) is 0 Å². The molecule has 3 aliphatic rings. The summed E-state index contributed by atoms with van der Waals surface area (Å²) >= 11 is 0. The molecule has 1 amide bonds. The first-order chi connectivity index (χ1) is 13.1. The number of esters is 1. The van der Waals surface area contributed by atoms with Crippen LogP contribution in [0.1, 0.15) is 29.6 Å². The van der Waals surface area contributed by atoms with Gasteiger partial charge in [0.05, 0.1) is 18.6 Å². The SMILES string of the molecule is O=C(c1cccc(F)c1)N1CCC2(CC1)CC(CN1CCOCC1)OC2=O. The Bertz CT molecular complexity index is 712. The van der Waals surface area contributed by atoms with Crippen molar-refractivity contribution in [3.63, 3.8) is 0 Å². The highest BCUT2D eigenvalue weighted by molar-refractivity contribution is 5.94. The van der Waals surface area contributed by atoms with Crippen LogP contribution in [0.4, 0.5) is 4.39 Å². The summed E-state index contributed by atoms with van der Waals surface area (Å²) in [5.41, 5.74) is -0.125. The van der Waals surface area contributed by atoms with Crippen LogP contribution in [0.2, 0.25) is 0 Å². The Morgan fingerprint density at radius 2 is 1.93 bits per heavy atom. The molecule has 0 aliphatic carbocycles. The fraction of sp³-hybridized carbons (Fsp3) is 0.600. The number of nitrogens with zero attached hydrogens (tertiary/aromatic N) is 2. The number of piperidine rings is 1. The number of halogens is 1. The van der Waals surface area contributed by atoms with E-state index in [2.05, 4.69) is 4.90 Å². The van der Waals surface area contributed by atoms with Crippen molar-refractivity contribution in [1.29, 1.82) is 0 Å². The Balaban J connectivity index is 1.35. The van der Waals surface area contributed by atoms with E-state index in [1.165, 1.54) is 12.1 Å². The molecule has 3 heterocycles. The minimum atomic E-state index is -0.477. The molecular formula is C20H25FN2O4. The standard InChI is InChI=1S/C20H25FN2O4/c21-16-3-1-2-15(12-16)18(24)23-6-4-20(5-7-23)13-17(27-19(20)25)14-22-8-10-26-11-9-22/h1-3,12,17H,4-11,13-14H2. The van der Waals surface area contributed by atoms with Gasteiger partial charge in [0.15, 0.2) is 0 Å². The van der Waals surface area contributed by atoms with Crippen molar-refractivity contribution >= 4 is 11.9 Å². The van der Waals surface area contributed by atoms with E-state index >= 15 is 0 Å². The van der Waals surface area contributed by atoms with Gasteiger partial charge in [0.1, 0.15) is 11.9 Å². The third kappa shape index (κ3) is 3.84. The van der Waals surface area contributed by atoms with E-state index in [-0.39, 0.29) is 18.0 Å². The van der Waals surface area contributed by atoms with Crippen LogP contribution in [0.15, 0.2) is 24.3 Å². The molecule has 0 saturated carbocycles. The zero-order chi connectivity index (χ0) is 18.9. The fourth-order valence-corrected chi connectivity index (χ4v) is 4.36. The van der Waals surface area contributed by atoms with Crippen LogP contribution in [-0.4, -0.2) is 73.7 Å². The Hall–Kier alpha value is -1.99. The molecule has 0 N–H and O–H groups in total. The number of benzene rings is 1. The van der Waals surface area contributed by atoms with Gasteiger partial charge in [0, 0.05) is 44.7 Å². The molecule has 1 aromatic carbocycles. The van der Waals surface area contributed by atoms with Gasteiger partial charge >= 0.3 is 5.97 Å². The number of amides is 1. The van der Waals surface area contributed by atoms with E-state index in [0.717, 1.165) is 32.8 Å². The van der Waals surface area contributed by atoms with E-state index in [1.54, 1.807) is 17.0 Å². The maximum Gasteiger partial charge on any atom is 0.312 e. The minimum absolute atomic E-state index is 0.0823. The highest BCUT2D eigenvalue weighted by Crippen LogP contribution is 2.43. The Labute approximate surface area is 158 Å². The summed E-state index contributed by atoms with van der Waals surface area (Å²) in [5, 5.41) is 0. The van der Waals surface area contributed by atoms with Gasteiger partial charge in [-0.3, -0.25) is 14.5 Å². The third-order valence-corrected chi connectivity index (χ3v) is 5.97. The van der Waals surface area contributed by atoms with Gasteiger partial charge in [0.25, 0.3) is 5.91 Å².